The molecular formula is C24H25N3OS. The number of likely N-dealkylation sites (tertiary alicyclic amines) is 1. The van der Waals surface area contributed by atoms with Gasteiger partial charge < -0.3 is 4.57 Å². The van der Waals surface area contributed by atoms with Gasteiger partial charge in [-0.3, -0.25) is 14.7 Å². The second-order valence-electron chi connectivity index (χ2n) is 8.12. The van der Waals surface area contributed by atoms with E-state index in [9.17, 15) is 4.79 Å². The fourth-order valence-electron chi connectivity index (χ4n) is 4.98. The Morgan fingerprint density at radius 1 is 1.03 bits per heavy atom. The van der Waals surface area contributed by atoms with E-state index < -0.39 is 0 Å². The Morgan fingerprint density at radius 3 is 2.66 bits per heavy atom. The van der Waals surface area contributed by atoms with Crippen molar-refractivity contribution < 1.29 is 0 Å². The van der Waals surface area contributed by atoms with Crippen LogP contribution >= 0.6 is 11.8 Å². The molecule has 1 saturated heterocycles. The number of hydrogen-bond donors (Lipinski definition) is 0. The fourth-order valence-corrected chi connectivity index (χ4v) is 5.39. The highest BCUT2D eigenvalue weighted by atomic mass is 32.2. The normalized spacial score (nSPS) is 21.0. The molecule has 2 aromatic heterocycles. The van der Waals surface area contributed by atoms with Crippen LogP contribution in [0.15, 0.2) is 70.5 Å². The molecule has 2 aliphatic heterocycles. The predicted molar refractivity (Wildman–Crippen MR) is 118 cm³/mol. The highest BCUT2D eigenvalue weighted by Crippen LogP contribution is 2.40. The average Bonchev–Trinajstić information content (AvgIpc) is 2.75. The highest BCUT2D eigenvalue weighted by Gasteiger charge is 2.36. The van der Waals surface area contributed by atoms with Gasteiger partial charge in [0.05, 0.1) is 5.69 Å². The van der Waals surface area contributed by atoms with E-state index in [-0.39, 0.29) is 5.56 Å². The lowest BCUT2D eigenvalue weighted by Gasteiger charge is -2.43. The molecular weight excluding hydrogens is 378 g/mol. The van der Waals surface area contributed by atoms with Crippen LogP contribution < -0.4 is 5.56 Å². The highest BCUT2D eigenvalue weighted by molar-refractivity contribution is 7.98. The molecule has 3 aromatic rings. The second kappa shape index (κ2) is 7.81. The number of pyridine rings is 2. The van der Waals surface area contributed by atoms with Crippen LogP contribution in [-0.2, 0) is 13.1 Å². The number of nitrogens with zero attached hydrogens (tertiary/aromatic N) is 3. The van der Waals surface area contributed by atoms with Gasteiger partial charge in [0.2, 0.25) is 0 Å². The number of hydrogen-bond acceptors (Lipinski definition) is 4. The lowest BCUT2D eigenvalue weighted by Crippen LogP contribution is -2.47. The van der Waals surface area contributed by atoms with E-state index in [1.807, 2.05) is 18.3 Å². The predicted octanol–water partition coefficient (Wildman–Crippen LogP) is 4.25. The molecule has 0 amide bonds. The monoisotopic (exact) mass is 403 g/mol. The van der Waals surface area contributed by atoms with Crippen molar-refractivity contribution in [1.82, 2.24) is 14.5 Å². The summed E-state index contributed by atoms with van der Waals surface area (Å²) in [5, 5.41) is 0. The van der Waals surface area contributed by atoms with Gasteiger partial charge in [0.25, 0.3) is 5.56 Å². The summed E-state index contributed by atoms with van der Waals surface area (Å²) in [5.74, 6) is 0.909. The molecule has 2 atom stereocenters. The molecule has 1 fully saturated rings. The van der Waals surface area contributed by atoms with E-state index in [2.05, 4.69) is 57.1 Å². The van der Waals surface area contributed by atoms with Crippen molar-refractivity contribution in [3.8, 4) is 11.1 Å². The van der Waals surface area contributed by atoms with Crippen molar-refractivity contribution in [2.24, 2.45) is 5.92 Å². The maximum Gasteiger partial charge on any atom is 0.250 e. The summed E-state index contributed by atoms with van der Waals surface area (Å²) < 4.78 is 2.05. The van der Waals surface area contributed by atoms with Crippen molar-refractivity contribution in [2.45, 2.75) is 30.3 Å². The van der Waals surface area contributed by atoms with Crippen LogP contribution in [0, 0.1) is 5.92 Å². The first-order valence-electron chi connectivity index (χ1n) is 10.2. The lowest BCUT2D eigenvalue weighted by molar-refractivity contribution is 0.113. The van der Waals surface area contributed by atoms with E-state index in [0.29, 0.717) is 11.8 Å². The molecule has 0 saturated carbocycles. The maximum absolute atomic E-state index is 12.7. The number of rotatable bonds is 4. The number of aromatic nitrogens is 2. The lowest BCUT2D eigenvalue weighted by atomic mass is 9.80. The van der Waals surface area contributed by atoms with Gasteiger partial charge >= 0.3 is 0 Å². The third-order valence-corrected chi connectivity index (χ3v) is 6.92. The summed E-state index contributed by atoms with van der Waals surface area (Å²) in [6, 6.07) is 18.6. The molecule has 0 aliphatic carbocycles. The van der Waals surface area contributed by atoms with Crippen molar-refractivity contribution in [1.29, 1.82) is 0 Å². The Bertz CT molecular complexity index is 1060. The molecule has 4 heterocycles. The van der Waals surface area contributed by atoms with Crippen molar-refractivity contribution in [3.63, 3.8) is 0 Å². The first kappa shape index (κ1) is 18.6. The molecule has 0 unspecified atom stereocenters. The molecule has 0 N–H and O–H groups in total. The quantitative estimate of drug-likeness (QED) is 0.611. The molecule has 29 heavy (non-hydrogen) atoms. The van der Waals surface area contributed by atoms with Gasteiger partial charge in [-0.15, -0.1) is 11.8 Å². The van der Waals surface area contributed by atoms with Crippen molar-refractivity contribution in [2.75, 3.05) is 19.3 Å². The Labute approximate surface area is 175 Å². The summed E-state index contributed by atoms with van der Waals surface area (Å²) in [7, 11) is 0. The topological polar surface area (TPSA) is 38.1 Å². The van der Waals surface area contributed by atoms with Crippen molar-refractivity contribution >= 4 is 11.8 Å². The molecule has 4 nitrogen and oxygen atoms in total. The molecule has 5 rings (SSSR count). The van der Waals surface area contributed by atoms with E-state index in [0.717, 1.165) is 38.3 Å². The summed E-state index contributed by atoms with van der Waals surface area (Å²) in [5.41, 5.74) is 4.88. The van der Waals surface area contributed by atoms with Crippen molar-refractivity contribution in [3.05, 3.63) is 82.5 Å². The third-order valence-electron chi connectivity index (χ3n) is 6.18. The number of piperidine rings is 1. The molecule has 0 spiro atoms. The fraction of sp³-hybridized carbons (Fsp3) is 0.333. The van der Waals surface area contributed by atoms with Gasteiger partial charge in [-0.05, 0) is 54.5 Å². The standard InChI is InChI=1S/C24H25N3OS/c1-29-21-7-5-18(6-8-21)22-9-10-23(28)27-14-17-12-19(24(22)27)15-26(13-17)16-20-4-2-3-11-25-20/h2-11,17,19H,12-16H2,1H3/t17-,19-/m0/s1. The van der Waals surface area contributed by atoms with Crippen LogP contribution in [0.2, 0.25) is 0 Å². The van der Waals surface area contributed by atoms with Gasteiger partial charge in [-0.25, -0.2) is 0 Å². The first-order chi connectivity index (χ1) is 14.2. The minimum absolute atomic E-state index is 0.136. The number of fused-ring (bicyclic) bond motifs is 4. The van der Waals surface area contributed by atoms with Gasteiger partial charge in [0.1, 0.15) is 0 Å². The van der Waals surface area contributed by atoms with Gasteiger partial charge in [-0.2, -0.15) is 0 Å². The zero-order chi connectivity index (χ0) is 19.8. The van der Waals surface area contributed by atoms with Crippen LogP contribution in [0.3, 0.4) is 0 Å². The van der Waals surface area contributed by atoms with Gasteiger partial charge in [0.15, 0.2) is 0 Å². The largest absolute Gasteiger partial charge is 0.311 e. The number of thioether (sulfide) groups is 1. The minimum atomic E-state index is 0.136. The van der Waals surface area contributed by atoms with E-state index in [4.69, 9.17) is 0 Å². The summed E-state index contributed by atoms with van der Waals surface area (Å²) in [4.78, 5) is 21.0. The molecule has 0 radical (unpaired) electrons. The molecule has 1 aromatic carbocycles. The zero-order valence-corrected chi connectivity index (χ0v) is 17.4. The SMILES string of the molecule is CSc1ccc(-c2ccc(=O)n3c2[C@H]2C[C@@H](CN(Cc4ccccn4)C2)C3)cc1. The van der Waals surface area contributed by atoms with Crippen LogP contribution in [0.25, 0.3) is 11.1 Å². The average molecular weight is 404 g/mol. The maximum atomic E-state index is 12.7. The number of benzene rings is 1. The molecule has 148 valence electrons. The molecule has 2 aliphatic rings. The first-order valence-corrected chi connectivity index (χ1v) is 11.4. The van der Waals surface area contributed by atoms with E-state index in [1.54, 1.807) is 17.8 Å². The summed E-state index contributed by atoms with van der Waals surface area (Å²) >= 11 is 1.75. The zero-order valence-electron chi connectivity index (χ0n) is 16.6. The van der Waals surface area contributed by atoms with Crippen LogP contribution in [0.5, 0.6) is 0 Å². The Kier molecular flexibility index (Phi) is 5.02. The summed E-state index contributed by atoms with van der Waals surface area (Å²) in [6.07, 6.45) is 5.13. The van der Waals surface area contributed by atoms with Crippen LogP contribution in [0.4, 0.5) is 0 Å². The van der Waals surface area contributed by atoms with Crippen LogP contribution in [-0.4, -0.2) is 33.8 Å². The second-order valence-corrected chi connectivity index (χ2v) is 9.00. The molecule has 2 bridgehead atoms. The minimum Gasteiger partial charge on any atom is -0.311 e. The summed E-state index contributed by atoms with van der Waals surface area (Å²) in [6.45, 7) is 3.71. The van der Waals surface area contributed by atoms with E-state index >= 15 is 0 Å². The van der Waals surface area contributed by atoms with Gasteiger partial charge in [0, 0.05) is 60.5 Å². The third kappa shape index (κ3) is 3.65. The van der Waals surface area contributed by atoms with E-state index in [1.165, 1.54) is 21.7 Å². The molecule has 5 heteroatoms. The van der Waals surface area contributed by atoms with Gasteiger partial charge in [-0.1, -0.05) is 18.2 Å². The Balaban J connectivity index is 1.50. The Morgan fingerprint density at radius 2 is 1.90 bits per heavy atom. The smallest absolute Gasteiger partial charge is 0.250 e. The Hall–Kier alpha value is -2.37. The van der Waals surface area contributed by atoms with Crippen LogP contribution in [0.1, 0.15) is 23.7 Å².